The standard InChI is InChI=1S/C17H21N5O/c1-5-23-16-11(7-6-8-19-16)17(2,3)14-9-12(18-4)15-13(21-14)10-20-22-15/h6-10H,5H2,1-4H3,(H,18,21)(H,20,22). The fourth-order valence-electron chi connectivity index (χ4n) is 2.71. The molecule has 3 aromatic rings. The molecule has 3 heterocycles. The maximum Gasteiger partial charge on any atom is 0.217 e. The first-order valence-electron chi connectivity index (χ1n) is 7.68. The number of hydrogen-bond acceptors (Lipinski definition) is 5. The minimum absolute atomic E-state index is 0.351. The van der Waals surface area contributed by atoms with Gasteiger partial charge >= 0.3 is 0 Å². The highest BCUT2D eigenvalue weighted by Gasteiger charge is 2.30. The summed E-state index contributed by atoms with van der Waals surface area (Å²) < 4.78 is 5.70. The lowest BCUT2D eigenvalue weighted by molar-refractivity contribution is 0.317. The van der Waals surface area contributed by atoms with Gasteiger partial charge in [0.05, 0.1) is 24.2 Å². The zero-order chi connectivity index (χ0) is 16.4. The van der Waals surface area contributed by atoms with Crippen molar-refractivity contribution < 1.29 is 4.74 Å². The predicted molar refractivity (Wildman–Crippen MR) is 91.0 cm³/mol. The van der Waals surface area contributed by atoms with E-state index in [9.17, 15) is 0 Å². The van der Waals surface area contributed by atoms with E-state index in [1.165, 1.54) is 0 Å². The minimum Gasteiger partial charge on any atom is -0.478 e. The monoisotopic (exact) mass is 311 g/mol. The van der Waals surface area contributed by atoms with Gasteiger partial charge < -0.3 is 10.1 Å². The van der Waals surface area contributed by atoms with Crippen LogP contribution in [0.2, 0.25) is 0 Å². The number of nitrogens with one attached hydrogen (secondary N) is 2. The van der Waals surface area contributed by atoms with E-state index >= 15 is 0 Å². The third-order valence-corrected chi connectivity index (χ3v) is 4.05. The molecule has 0 unspecified atom stereocenters. The second kappa shape index (κ2) is 5.87. The van der Waals surface area contributed by atoms with Crippen LogP contribution in [0.3, 0.4) is 0 Å². The lowest BCUT2D eigenvalue weighted by Crippen LogP contribution is -2.22. The van der Waals surface area contributed by atoms with Crippen LogP contribution in [-0.2, 0) is 5.41 Å². The first-order valence-corrected chi connectivity index (χ1v) is 7.68. The van der Waals surface area contributed by atoms with Gasteiger partial charge in [0.2, 0.25) is 5.88 Å². The average molecular weight is 311 g/mol. The van der Waals surface area contributed by atoms with Gasteiger partial charge in [-0.2, -0.15) is 5.10 Å². The van der Waals surface area contributed by atoms with Gasteiger partial charge in [0.1, 0.15) is 11.0 Å². The highest BCUT2D eigenvalue weighted by molar-refractivity contribution is 5.87. The number of aromatic amines is 1. The number of anilines is 1. The second-order valence-electron chi connectivity index (χ2n) is 5.85. The van der Waals surface area contributed by atoms with Crippen LogP contribution in [0.1, 0.15) is 32.0 Å². The van der Waals surface area contributed by atoms with Gasteiger partial charge in [0.15, 0.2) is 0 Å². The normalized spacial score (nSPS) is 11.7. The fourth-order valence-corrected chi connectivity index (χ4v) is 2.71. The van der Waals surface area contributed by atoms with Crippen LogP contribution in [0.15, 0.2) is 30.6 Å². The van der Waals surface area contributed by atoms with Gasteiger partial charge in [0, 0.05) is 24.2 Å². The minimum atomic E-state index is -0.351. The molecule has 3 aromatic heterocycles. The highest BCUT2D eigenvalue weighted by Crippen LogP contribution is 2.37. The summed E-state index contributed by atoms with van der Waals surface area (Å²) in [4.78, 5) is 9.15. The van der Waals surface area contributed by atoms with Gasteiger partial charge in [-0.15, -0.1) is 0 Å². The number of nitrogens with zero attached hydrogens (tertiary/aromatic N) is 3. The van der Waals surface area contributed by atoms with Crippen molar-refractivity contribution in [2.24, 2.45) is 0 Å². The van der Waals surface area contributed by atoms with Crippen LogP contribution >= 0.6 is 0 Å². The van der Waals surface area contributed by atoms with Crippen LogP contribution in [0, 0.1) is 0 Å². The molecule has 6 heteroatoms. The van der Waals surface area contributed by atoms with E-state index in [4.69, 9.17) is 9.72 Å². The lowest BCUT2D eigenvalue weighted by atomic mass is 9.81. The maximum atomic E-state index is 5.70. The van der Waals surface area contributed by atoms with Gasteiger partial charge in [-0.05, 0) is 32.9 Å². The molecule has 0 radical (unpaired) electrons. The first kappa shape index (κ1) is 15.3. The van der Waals surface area contributed by atoms with E-state index in [1.54, 1.807) is 12.4 Å². The number of ether oxygens (including phenoxy) is 1. The second-order valence-corrected chi connectivity index (χ2v) is 5.85. The van der Waals surface area contributed by atoms with E-state index in [-0.39, 0.29) is 5.41 Å². The largest absolute Gasteiger partial charge is 0.478 e. The maximum absolute atomic E-state index is 5.70. The Morgan fingerprint density at radius 3 is 2.91 bits per heavy atom. The fraction of sp³-hybridized carbons (Fsp3) is 0.353. The molecule has 23 heavy (non-hydrogen) atoms. The van der Waals surface area contributed by atoms with Crippen LogP contribution in [0.4, 0.5) is 5.69 Å². The summed E-state index contributed by atoms with van der Waals surface area (Å²) in [5.74, 6) is 0.653. The number of rotatable bonds is 5. The number of H-pyrrole nitrogens is 1. The van der Waals surface area contributed by atoms with Crippen molar-refractivity contribution in [3.8, 4) is 5.88 Å². The molecule has 0 saturated carbocycles. The highest BCUT2D eigenvalue weighted by atomic mass is 16.5. The van der Waals surface area contributed by atoms with Gasteiger partial charge in [-0.1, -0.05) is 6.07 Å². The summed E-state index contributed by atoms with van der Waals surface area (Å²) in [6.07, 6.45) is 3.48. The molecule has 2 N–H and O–H groups in total. The molecule has 0 aromatic carbocycles. The van der Waals surface area contributed by atoms with E-state index in [0.717, 1.165) is 28.0 Å². The van der Waals surface area contributed by atoms with E-state index < -0.39 is 0 Å². The van der Waals surface area contributed by atoms with Gasteiger partial charge in [0.25, 0.3) is 0 Å². The van der Waals surface area contributed by atoms with Crippen LogP contribution < -0.4 is 10.1 Å². The number of pyridine rings is 2. The van der Waals surface area contributed by atoms with Crippen molar-refractivity contribution in [2.45, 2.75) is 26.2 Å². The van der Waals surface area contributed by atoms with Crippen LogP contribution in [-0.4, -0.2) is 33.8 Å². The number of aromatic nitrogens is 4. The molecule has 120 valence electrons. The summed E-state index contributed by atoms with van der Waals surface area (Å²) >= 11 is 0. The summed E-state index contributed by atoms with van der Waals surface area (Å²) in [5.41, 5.74) is 4.31. The summed E-state index contributed by atoms with van der Waals surface area (Å²) in [6, 6.07) is 6.01. The van der Waals surface area contributed by atoms with E-state index in [1.807, 2.05) is 32.2 Å². The van der Waals surface area contributed by atoms with Crippen molar-refractivity contribution in [2.75, 3.05) is 19.0 Å². The Hall–Kier alpha value is -2.63. The SMILES string of the molecule is CCOc1ncccc1C(C)(C)c1cc(NC)c2[nH]ncc2n1. The van der Waals surface area contributed by atoms with Crippen LogP contribution in [0.5, 0.6) is 5.88 Å². The zero-order valence-corrected chi connectivity index (χ0v) is 13.8. The Kier molecular flexibility index (Phi) is 3.90. The molecule has 0 amide bonds. The number of hydrogen-bond donors (Lipinski definition) is 2. The number of fused-ring (bicyclic) bond motifs is 1. The molecule has 0 aliphatic rings. The van der Waals surface area contributed by atoms with Crippen molar-refractivity contribution in [1.29, 1.82) is 0 Å². The Labute approximate surface area is 135 Å². The lowest BCUT2D eigenvalue weighted by Gasteiger charge is -2.26. The molecule has 0 bridgehead atoms. The van der Waals surface area contributed by atoms with Crippen LogP contribution in [0.25, 0.3) is 11.0 Å². The molecule has 0 fully saturated rings. The molecular weight excluding hydrogens is 290 g/mol. The third kappa shape index (κ3) is 2.60. The summed E-state index contributed by atoms with van der Waals surface area (Å²) in [6.45, 7) is 6.79. The molecule has 0 atom stereocenters. The zero-order valence-electron chi connectivity index (χ0n) is 13.8. The molecule has 0 saturated heterocycles. The quantitative estimate of drug-likeness (QED) is 0.757. The Morgan fingerprint density at radius 1 is 1.35 bits per heavy atom. The first-order chi connectivity index (χ1) is 11.1. The van der Waals surface area contributed by atoms with Gasteiger partial charge in [-0.3, -0.25) is 5.10 Å². The predicted octanol–water partition coefficient (Wildman–Crippen LogP) is 3.12. The van der Waals surface area contributed by atoms with Gasteiger partial charge in [-0.25, -0.2) is 9.97 Å². The smallest absolute Gasteiger partial charge is 0.217 e. The topological polar surface area (TPSA) is 75.7 Å². The third-order valence-electron chi connectivity index (χ3n) is 4.05. The molecule has 6 nitrogen and oxygen atoms in total. The Balaban J connectivity index is 2.16. The van der Waals surface area contributed by atoms with Crippen molar-refractivity contribution in [3.05, 3.63) is 41.9 Å². The Morgan fingerprint density at radius 2 is 2.17 bits per heavy atom. The summed E-state index contributed by atoms with van der Waals surface area (Å²) in [5, 5.41) is 10.3. The molecule has 0 spiro atoms. The summed E-state index contributed by atoms with van der Waals surface area (Å²) in [7, 11) is 1.89. The van der Waals surface area contributed by atoms with E-state index in [2.05, 4.69) is 34.3 Å². The van der Waals surface area contributed by atoms with Crippen molar-refractivity contribution in [1.82, 2.24) is 20.2 Å². The van der Waals surface area contributed by atoms with Crippen molar-refractivity contribution >= 4 is 16.7 Å². The molecular formula is C17H21N5O. The van der Waals surface area contributed by atoms with Crippen molar-refractivity contribution in [3.63, 3.8) is 0 Å². The molecule has 0 aliphatic carbocycles. The average Bonchev–Trinajstić information content (AvgIpc) is 3.03. The van der Waals surface area contributed by atoms with E-state index in [0.29, 0.717) is 12.5 Å². The Bertz CT molecular complexity index is 825. The molecule has 3 rings (SSSR count). The molecule has 0 aliphatic heterocycles.